The maximum atomic E-state index is 12.5. The van der Waals surface area contributed by atoms with Gasteiger partial charge in [-0.3, -0.25) is 9.59 Å². The van der Waals surface area contributed by atoms with Crippen molar-refractivity contribution < 1.29 is 4.79 Å². The van der Waals surface area contributed by atoms with Crippen molar-refractivity contribution in [3.63, 3.8) is 0 Å². The summed E-state index contributed by atoms with van der Waals surface area (Å²) in [5, 5.41) is 2.72. The lowest BCUT2D eigenvalue weighted by Crippen LogP contribution is -2.25. The Balaban J connectivity index is 1.62. The average molecular weight is 308 g/mol. The Labute approximate surface area is 132 Å². The molecule has 4 rings (SSSR count). The standard InChI is InChI=1S/C17H16N4O2/c1-11-9-14(11)21-7-2-3-13(17(21)23)19-16(22)12-4-5-15-18-6-8-20(15)10-12/h2-8,10-11,14H,9H2,1H3,(H,19,22)/t11-,14-/m0/s1. The lowest BCUT2D eigenvalue weighted by molar-refractivity contribution is 0.102. The molecule has 0 radical (unpaired) electrons. The highest BCUT2D eigenvalue weighted by atomic mass is 16.2. The van der Waals surface area contributed by atoms with E-state index in [1.165, 1.54) is 0 Å². The number of amides is 1. The summed E-state index contributed by atoms with van der Waals surface area (Å²) < 4.78 is 3.48. The molecule has 1 aliphatic rings. The first-order chi connectivity index (χ1) is 11.1. The molecular formula is C17H16N4O2. The molecule has 6 heteroatoms. The maximum absolute atomic E-state index is 12.5. The molecule has 3 heterocycles. The smallest absolute Gasteiger partial charge is 0.274 e. The van der Waals surface area contributed by atoms with Crippen molar-refractivity contribution in [1.29, 1.82) is 0 Å². The Morgan fingerprint density at radius 2 is 2.13 bits per heavy atom. The molecule has 1 N–H and O–H groups in total. The van der Waals surface area contributed by atoms with Crippen LogP contribution < -0.4 is 10.9 Å². The molecule has 0 saturated heterocycles. The molecular weight excluding hydrogens is 292 g/mol. The summed E-state index contributed by atoms with van der Waals surface area (Å²) in [6.45, 7) is 2.11. The van der Waals surface area contributed by atoms with E-state index in [1.807, 2.05) is 0 Å². The molecule has 0 aliphatic heterocycles. The summed E-state index contributed by atoms with van der Waals surface area (Å²) in [6, 6.07) is 7.15. The molecule has 3 aromatic rings. The second-order valence-electron chi connectivity index (χ2n) is 5.98. The predicted molar refractivity (Wildman–Crippen MR) is 86.7 cm³/mol. The minimum atomic E-state index is -0.306. The van der Waals surface area contributed by atoms with Gasteiger partial charge < -0.3 is 14.3 Å². The zero-order valence-corrected chi connectivity index (χ0v) is 12.6. The fourth-order valence-corrected chi connectivity index (χ4v) is 2.81. The van der Waals surface area contributed by atoms with Crippen molar-refractivity contribution in [3.05, 3.63) is 65.0 Å². The molecule has 1 fully saturated rings. The number of hydrogen-bond donors (Lipinski definition) is 1. The molecule has 0 unspecified atom stereocenters. The summed E-state index contributed by atoms with van der Waals surface area (Å²) in [5.74, 6) is 0.210. The van der Waals surface area contributed by atoms with E-state index >= 15 is 0 Å². The fourth-order valence-electron chi connectivity index (χ4n) is 2.81. The molecule has 23 heavy (non-hydrogen) atoms. The quantitative estimate of drug-likeness (QED) is 0.807. The number of nitrogens with zero attached hydrogens (tertiary/aromatic N) is 3. The Morgan fingerprint density at radius 1 is 1.30 bits per heavy atom. The lowest BCUT2D eigenvalue weighted by Gasteiger charge is -2.09. The van der Waals surface area contributed by atoms with Gasteiger partial charge >= 0.3 is 0 Å². The van der Waals surface area contributed by atoms with E-state index in [9.17, 15) is 9.59 Å². The van der Waals surface area contributed by atoms with Gasteiger partial charge in [0.15, 0.2) is 0 Å². The molecule has 116 valence electrons. The van der Waals surface area contributed by atoms with Crippen LogP contribution in [0.15, 0.2) is 53.8 Å². The van der Waals surface area contributed by atoms with Gasteiger partial charge in [-0.15, -0.1) is 0 Å². The first kappa shape index (κ1) is 13.8. The molecule has 0 bridgehead atoms. The normalized spacial score (nSPS) is 19.7. The van der Waals surface area contributed by atoms with Crippen LogP contribution in [-0.2, 0) is 0 Å². The Bertz CT molecular complexity index is 956. The number of nitrogens with one attached hydrogen (secondary N) is 1. The van der Waals surface area contributed by atoms with E-state index in [0.717, 1.165) is 12.1 Å². The molecule has 6 nitrogen and oxygen atoms in total. The number of pyridine rings is 2. The largest absolute Gasteiger partial charge is 0.317 e. The van der Waals surface area contributed by atoms with Crippen LogP contribution in [0.2, 0.25) is 0 Å². The van der Waals surface area contributed by atoms with Crippen molar-refractivity contribution in [1.82, 2.24) is 14.0 Å². The van der Waals surface area contributed by atoms with Gasteiger partial charge in [-0.1, -0.05) is 6.92 Å². The number of rotatable bonds is 3. The first-order valence-corrected chi connectivity index (χ1v) is 7.59. The van der Waals surface area contributed by atoms with Crippen LogP contribution in [0, 0.1) is 5.92 Å². The third-order valence-corrected chi connectivity index (χ3v) is 4.30. The minimum Gasteiger partial charge on any atom is -0.317 e. The van der Waals surface area contributed by atoms with Crippen LogP contribution in [0.4, 0.5) is 5.69 Å². The summed E-state index contributed by atoms with van der Waals surface area (Å²) >= 11 is 0. The molecule has 0 spiro atoms. The van der Waals surface area contributed by atoms with E-state index in [2.05, 4.69) is 17.2 Å². The first-order valence-electron chi connectivity index (χ1n) is 7.59. The van der Waals surface area contributed by atoms with Crippen LogP contribution in [0.1, 0.15) is 29.7 Å². The molecule has 1 amide bonds. The number of carbonyl (C=O) groups excluding carboxylic acids is 1. The van der Waals surface area contributed by atoms with Gasteiger partial charge in [0, 0.05) is 30.8 Å². The molecule has 1 aliphatic carbocycles. The van der Waals surface area contributed by atoms with E-state index in [-0.39, 0.29) is 17.5 Å². The number of aromatic nitrogens is 3. The number of carbonyl (C=O) groups is 1. The van der Waals surface area contributed by atoms with Gasteiger partial charge in [-0.05, 0) is 36.6 Å². The van der Waals surface area contributed by atoms with Crippen LogP contribution in [0.25, 0.3) is 5.65 Å². The monoisotopic (exact) mass is 308 g/mol. The summed E-state index contributed by atoms with van der Waals surface area (Å²) in [5.41, 5.74) is 1.40. The van der Waals surface area contributed by atoms with Crippen LogP contribution in [-0.4, -0.2) is 19.9 Å². The van der Waals surface area contributed by atoms with Gasteiger partial charge in [0.05, 0.1) is 5.56 Å². The van der Waals surface area contributed by atoms with Crippen LogP contribution in [0.5, 0.6) is 0 Å². The summed E-state index contributed by atoms with van der Waals surface area (Å²) in [7, 11) is 0. The van der Waals surface area contributed by atoms with Crippen molar-refractivity contribution >= 4 is 17.2 Å². The van der Waals surface area contributed by atoms with E-state index in [0.29, 0.717) is 17.2 Å². The minimum absolute atomic E-state index is 0.154. The topological polar surface area (TPSA) is 68.4 Å². The third kappa shape index (κ3) is 2.42. The fraction of sp³-hybridized carbons (Fsp3) is 0.235. The molecule has 3 aromatic heterocycles. The molecule has 1 saturated carbocycles. The van der Waals surface area contributed by atoms with Crippen LogP contribution in [0.3, 0.4) is 0 Å². The number of fused-ring (bicyclic) bond motifs is 1. The number of anilines is 1. The average Bonchev–Trinajstić information content (AvgIpc) is 3.09. The van der Waals surface area contributed by atoms with Gasteiger partial charge in [0.2, 0.25) is 0 Å². The number of hydrogen-bond acceptors (Lipinski definition) is 3. The van der Waals surface area contributed by atoms with Gasteiger partial charge in [0.1, 0.15) is 11.3 Å². The predicted octanol–water partition coefficient (Wildman–Crippen LogP) is 2.33. The van der Waals surface area contributed by atoms with Gasteiger partial charge in [-0.2, -0.15) is 0 Å². The van der Waals surface area contributed by atoms with Crippen molar-refractivity contribution in [2.75, 3.05) is 5.32 Å². The SMILES string of the molecule is C[C@H]1C[C@@H]1n1cccc(NC(=O)c2ccc3nccn3c2)c1=O. The van der Waals surface area contributed by atoms with Gasteiger partial charge in [0.25, 0.3) is 11.5 Å². The Morgan fingerprint density at radius 3 is 2.91 bits per heavy atom. The van der Waals surface area contributed by atoms with Crippen molar-refractivity contribution in [2.45, 2.75) is 19.4 Å². The van der Waals surface area contributed by atoms with E-state index < -0.39 is 0 Å². The summed E-state index contributed by atoms with van der Waals surface area (Å²) in [4.78, 5) is 29.0. The number of imidazole rings is 1. The second kappa shape index (κ2) is 5.08. The molecule has 2 atom stereocenters. The zero-order chi connectivity index (χ0) is 16.0. The van der Waals surface area contributed by atoms with E-state index in [4.69, 9.17) is 0 Å². The lowest BCUT2D eigenvalue weighted by atomic mass is 10.2. The highest BCUT2D eigenvalue weighted by Gasteiger charge is 2.35. The zero-order valence-electron chi connectivity index (χ0n) is 12.6. The van der Waals surface area contributed by atoms with Gasteiger partial charge in [-0.25, -0.2) is 4.98 Å². The van der Waals surface area contributed by atoms with Crippen LogP contribution >= 0.6 is 0 Å². The maximum Gasteiger partial charge on any atom is 0.274 e. The second-order valence-corrected chi connectivity index (χ2v) is 5.98. The van der Waals surface area contributed by atoms with E-state index in [1.54, 1.807) is 58.0 Å². The third-order valence-electron chi connectivity index (χ3n) is 4.30. The van der Waals surface area contributed by atoms with Crippen molar-refractivity contribution in [3.8, 4) is 0 Å². The molecule has 0 aromatic carbocycles. The Hall–Kier alpha value is -2.89. The Kier molecular flexibility index (Phi) is 3.04. The summed E-state index contributed by atoms with van der Waals surface area (Å²) in [6.07, 6.45) is 7.93. The highest BCUT2D eigenvalue weighted by molar-refractivity contribution is 6.04. The highest BCUT2D eigenvalue weighted by Crippen LogP contribution is 2.41. The van der Waals surface area contributed by atoms with Crippen molar-refractivity contribution in [2.24, 2.45) is 5.92 Å².